The zero-order valence-electron chi connectivity index (χ0n) is 10.2. The maximum atomic E-state index is 12.8. The van der Waals surface area contributed by atoms with E-state index in [0.717, 1.165) is 19.3 Å². The monoisotopic (exact) mass is 238 g/mol. The molecule has 0 atom stereocenters. The maximum Gasteiger partial charge on any atom is 0.123 e. The first-order valence-electron chi connectivity index (χ1n) is 6.33. The summed E-state index contributed by atoms with van der Waals surface area (Å²) >= 11 is 0. The van der Waals surface area contributed by atoms with E-state index in [1.807, 2.05) is 12.1 Å². The predicted octanol–water partition coefficient (Wildman–Crippen LogP) is 4.40. The van der Waals surface area contributed by atoms with E-state index in [2.05, 4.69) is 30.3 Å². The molecule has 0 nitrogen and oxygen atoms in total. The van der Waals surface area contributed by atoms with Gasteiger partial charge in [0.2, 0.25) is 0 Å². The fraction of sp³-hybridized carbons (Fsp3) is 0.176. The Morgan fingerprint density at radius 2 is 1.67 bits per heavy atom. The van der Waals surface area contributed by atoms with Gasteiger partial charge in [0.05, 0.1) is 0 Å². The third kappa shape index (κ3) is 2.35. The van der Waals surface area contributed by atoms with Crippen molar-refractivity contribution >= 4 is 6.08 Å². The van der Waals surface area contributed by atoms with E-state index in [9.17, 15) is 4.39 Å². The molecule has 0 unspecified atom stereocenters. The van der Waals surface area contributed by atoms with Crippen molar-refractivity contribution in [3.63, 3.8) is 0 Å². The van der Waals surface area contributed by atoms with Gasteiger partial charge in [-0.2, -0.15) is 0 Å². The van der Waals surface area contributed by atoms with Crippen LogP contribution in [0.1, 0.15) is 23.1 Å². The van der Waals surface area contributed by atoms with Gasteiger partial charge in [0.25, 0.3) is 0 Å². The highest BCUT2D eigenvalue weighted by Gasteiger charge is 2.11. The normalized spacial score (nSPS) is 13.3. The van der Waals surface area contributed by atoms with Gasteiger partial charge in [-0.1, -0.05) is 48.0 Å². The molecule has 0 fully saturated rings. The number of rotatable bonds is 3. The van der Waals surface area contributed by atoms with Crippen molar-refractivity contribution < 1.29 is 4.39 Å². The number of halogens is 1. The van der Waals surface area contributed by atoms with Crippen molar-refractivity contribution in [3.8, 4) is 0 Å². The van der Waals surface area contributed by atoms with Gasteiger partial charge in [-0.3, -0.25) is 0 Å². The number of hydrogen-bond acceptors (Lipinski definition) is 0. The minimum atomic E-state index is -0.161. The summed E-state index contributed by atoms with van der Waals surface area (Å²) in [6.07, 6.45) is 5.40. The van der Waals surface area contributed by atoms with Gasteiger partial charge in [0, 0.05) is 0 Å². The number of hydrogen-bond donors (Lipinski definition) is 0. The zero-order chi connectivity index (χ0) is 12.4. The molecular formula is C17H15F. The van der Waals surface area contributed by atoms with Gasteiger partial charge in [-0.25, -0.2) is 4.39 Å². The van der Waals surface area contributed by atoms with Gasteiger partial charge >= 0.3 is 0 Å². The lowest BCUT2D eigenvalue weighted by Crippen LogP contribution is -1.90. The summed E-state index contributed by atoms with van der Waals surface area (Å²) in [5.74, 6) is -0.161. The number of aryl methyl sites for hydroxylation is 1. The molecule has 2 aromatic carbocycles. The average molecular weight is 238 g/mol. The number of benzene rings is 2. The van der Waals surface area contributed by atoms with E-state index in [1.54, 1.807) is 0 Å². The molecule has 0 aliphatic heterocycles. The second-order valence-corrected chi connectivity index (χ2v) is 4.80. The van der Waals surface area contributed by atoms with Crippen LogP contribution in [0.5, 0.6) is 0 Å². The van der Waals surface area contributed by atoms with E-state index in [0.29, 0.717) is 0 Å². The topological polar surface area (TPSA) is 0 Å². The van der Waals surface area contributed by atoms with Gasteiger partial charge < -0.3 is 0 Å². The molecule has 0 heterocycles. The highest BCUT2D eigenvalue weighted by atomic mass is 19.1. The van der Waals surface area contributed by atoms with Gasteiger partial charge in [-0.15, -0.1) is 0 Å². The van der Waals surface area contributed by atoms with Crippen LogP contribution in [0, 0.1) is 5.82 Å². The maximum absolute atomic E-state index is 12.8. The summed E-state index contributed by atoms with van der Waals surface area (Å²) in [6, 6.07) is 15.3. The van der Waals surface area contributed by atoms with Crippen molar-refractivity contribution in [2.45, 2.75) is 19.3 Å². The minimum absolute atomic E-state index is 0.161. The van der Waals surface area contributed by atoms with Crippen LogP contribution in [0.2, 0.25) is 0 Å². The summed E-state index contributed by atoms with van der Waals surface area (Å²) in [7, 11) is 0. The predicted molar refractivity (Wildman–Crippen MR) is 72.8 cm³/mol. The number of allylic oxidation sites excluding steroid dienone is 1. The summed E-state index contributed by atoms with van der Waals surface area (Å²) in [5, 5.41) is 0. The first kappa shape index (κ1) is 11.2. The molecule has 0 saturated carbocycles. The molecule has 0 radical (unpaired) electrons. The summed E-state index contributed by atoms with van der Waals surface area (Å²) in [4.78, 5) is 0. The molecule has 1 heteroatoms. The zero-order valence-corrected chi connectivity index (χ0v) is 10.2. The molecule has 0 bridgehead atoms. The Balaban J connectivity index is 1.65. The van der Waals surface area contributed by atoms with E-state index < -0.39 is 0 Å². The molecule has 1 aliphatic rings. The number of fused-ring (bicyclic) bond motifs is 1. The van der Waals surface area contributed by atoms with Crippen LogP contribution in [-0.2, 0) is 12.8 Å². The quantitative estimate of drug-likeness (QED) is 0.743. The van der Waals surface area contributed by atoms with Crippen molar-refractivity contribution in [3.05, 3.63) is 76.6 Å². The van der Waals surface area contributed by atoms with Crippen LogP contribution in [-0.4, -0.2) is 0 Å². The fourth-order valence-electron chi connectivity index (χ4n) is 2.47. The molecule has 90 valence electrons. The molecule has 18 heavy (non-hydrogen) atoms. The Bertz CT molecular complexity index is 579. The highest BCUT2D eigenvalue weighted by Crippen LogP contribution is 2.27. The fourth-order valence-corrected chi connectivity index (χ4v) is 2.47. The molecule has 0 spiro atoms. The second-order valence-electron chi connectivity index (χ2n) is 4.80. The highest BCUT2D eigenvalue weighted by molar-refractivity contribution is 5.63. The van der Waals surface area contributed by atoms with E-state index in [4.69, 9.17) is 0 Å². The van der Waals surface area contributed by atoms with Gasteiger partial charge in [-0.05, 0) is 48.1 Å². The molecule has 0 saturated heterocycles. The lowest BCUT2D eigenvalue weighted by Gasteiger charge is -2.02. The van der Waals surface area contributed by atoms with E-state index in [1.165, 1.54) is 34.4 Å². The first-order chi connectivity index (χ1) is 8.81. The van der Waals surface area contributed by atoms with Crippen molar-refractivity contribution in [2.24, 2.45) is 0 Å². The minimum Gasteiger partial charge on any atom is -0.207 e. The summed E-state index contributed by atoms with van der Waals surface area (Å²) < 4.78 is 12.8. The standard InChI is InChI=1S/C17H15F/c18-17-9-7-13(8-10-17)5-6-14-11-15-3-1-2-4-16(15)12-14/h1-4,7-11H,5-6,12H2. The van der Waals surface area contributed by atoms with Crippen LogP contribution in [0.15, 0.2) is 54.1 Å². The molecule has 2 aromatic rings. The van der Waals surface area contributed by atoms with Gasteiger partial charge in [0.1, 0.15) is 5.82 Å². The van der Waals surface area contributed by atoms with Crippen molar-refractivity contribution in [2.75, 3.05) is 0 Å². The smallest absolute Gasteiger partial charge is 0.123 e. The summed E-state index contributed by atoms with van der Waals surface area (Å²) in [6.45, 7) is 0. The molecule has 0 amide bonds. The van der Waals surface area contributed by atoms with Crippen molar-refractivity contribution in [1.29, 1.82) is 0 Å². The second kappa shape index (κ2) is 4.77. The Kier molecular flexibility index (Phi) is 2.97. The third-order valence-corrected chi connectivity index (χ3v) is 3.48. The molecule has 0 N–H and O–H groups in total. The van der Waals surface area contributed by atoms with Crippen LogP contribution < -0.4 is 0 Å². The molecule has 1 aliphatic carbocycles. The first-order valence-corrected chi connectivity index (χ1v) is 6.33. The van der Waals surface area contributed by atoms with E-state index >= 15 is 0 Å². The van der Waals surface area contributed by atoms with E-state index in [-0.39, 0.29) is 5.82 Å². The lowest BCUT2D eigenvalue weighted by molar-refractivity contribution is 0.627. The Morgan fingerprint density at radius 1 is 0.889 bits per heavy atom. The van der Waals surface area contributed by atoms with Gasteiger partial charge in [0.15, 0.2) is 0 Å². The summed E-state index contributed by atoms with van der Waals surface area (Å²) in [5.41, 5.74) is 5.45. The van der Waals surface area contributed by atoms with Crippen LogP contribution in [0.25, 0.3) is 6.08 Å². The largest absolute Gasteiger partial charge is 0.207 e. The lowest BCUT2D eigenvalue weighted by atomic mass is 10.0. The Hall–Kier alpha value is -1.89. The van der Waals surface area contributed by atoms with Crippen LogP contribution in [0.4, 0.5) is 4.39 Å². The molecule has 3 rings (SSSR count). The van der Waals surface area contributed by atoms with Crippen molar-refractivity contribution in [1.82, 2.24) is 0 Å². The Morgan fingerprint density at radius 3 is 2.44 bits per heavy atom. The third-order valence-electron chi connectivity index (χ3n) is 3.48. The Labute approximate surface area is 107 Å². The molecular weight excluding hydrogens is 223 g/mol. The van der Waals surface area contributed by atoms with Crippen LogP contribution in [0.3, 0.4) is 0 Å². The molecule has 0 aromatic heterocycles. The SMILES string of the molecule is Fc1ccc(CCC2=Cc3ccccc3C2)cc1. The van der Waals surface area contributed by atoms with Crippen LogP contribution >= 0.6 is 0 Å². The average Bonchev–Trinajstić information content (AvgIpc) is 2.81.